The van der Waals surface area contributed by atoms with Crippen LogP contribution in [-0.2, 0) is 17.2 Å². The minimum atomic E-state index is -2.44. The van der Waals surface area contributed by atoms with Gasteiger partial charge >= 0.3 is 0 Å². The Morgan fingerprint density at radius 1 is 1.09 bits per heavy atom. The van der Waals surface area contributed by atoms with Crippen LogP contribution in [0.25, 0.3) is 10.9 Å². The van der Waals surface area contributed by atoms with Gasteiger partial charge in [-0.15, -0.1) is 10.2 Å². The van der Waals surface area contributed by atoms with E-state index in [1.54, 1.807) is 12.1 Å². The number of benzene rings is 2. The average molecular weight is 474 g/mol. The van der Waals surface area contributed by atoms with Crippen LogP contribution in [-0.4, -0.2) is 61.5 Å². The van der Waals surface area contributed by atoms with E-state index in [1.165, 1.54) is 12.1 Å². The number of anilines is 3. The highest BCUT2D eigenvalue weighted by Crippen LogP contribution is 2.31. The highest BCUT2D eigenvalue weighted by molar-refractivity contribution is 7.72. The van der Waals surface area contributed by atoms with Crippen LogP contribution in [0, 0.1) is 5.82 Å². The van der Waals surface area contributed by atoms with E-state index in [0.717, 1.165) is 5.69 Å². The zero-order chi connectivity index (χ0) is 23.5. The molecule has 0 spiro atoms. The second kappa shape index (κ2) is 9.65. The molecule has 1 fully saturated rings. The van der Waals surface area contributed by atoms with E-state index in [0.29, 0.717) is 42.6 Å². The summed E-state index contributed by atoms with van der Waals surface area (Å²) in [5.41, 5.74) is 13.4. The lowest BCUT2D eigenvalue weighted by molar-refractivity contribution is 0.0995. The molecule has 0 unspecified atom stereocenters. The molecule has 3 aromatic rings. The standard InChI is InChI=1S/C21H24FN7O3S/c22-16-9-13(11-23)1-4-17(16)25-19-15-3-2-14(10-18(15)26-27-20(19)21(24)30)29-7-5-28(6-8-29)12-33(31)32/h1-4,9-10,33H,5-8,11-12,23H2,(H2,24,30)(H,25,26). The number of aromatic nitrogens is 2. The summed E-state index contributed by atoms with van der Waals surface area (Å²) in [6.45, 7) is 2.77. The van der Waals surface area contributed by atoms with Crippen LogP contribution in [0.3, 0.4) is 0 Å². The van der Waals surface area contributed by atoms with Gasteiger partial charge in [0.05, 0.1) is 22.8 Å². The van der Waals surface area contributed by atoms with Crippen LogP contribution in [0.4, 0.5) is 21.5 Å². The fourth-order valence-corrected chi connectivity index (χ4v) is 4.43. The Kier molecular flexibility index (Phi) is 6.67. The predicted octanol–water partition coefficient (Wildman–Crippen LogP) is 0.761. The highest BCUT2D eigenvalue weighted by Gasteiger charge is 2.20. The monoisotopic (exact) mass is 473 g/mol. The topological polar surface area (TPSA) is 148 Å². The number of fused-ring (bicyclic) bond motifs is 1. The van der Waals surface area contributed by atoms with Crippen molar-refractivity contribution in [3.63, 3.8) is 0 Å². The maximum Gasteiger partial charge on any atom is 0.271 e. The zero-order valence-electron chi connectivity index (χ0n) is 17.7. The molecule has 12 heteroatoms. The van der Waals surface area contributed by atoms with E-state index in [4.69, 9.17) is 11.5 Å². The molecule has 0 aliphatic carbocycles. The number of halogens is 1. The second-order valence-electron chi connectivity index (χ2n) is 7.71. The van der Waals surface area contributed by atoms with Crippen molar-refractivity contribution in [2.24, 2.45) is 11.5 Å². The summed E-state index contributed by atoms with van der Waals surface area (Å²) < 4.78 is 36.5. The molecule has 0 saturated carbocycles. The molecule has 33 heavy (non-hydrogen) atoms. The van der Waals surface area contributed by atoms with Crippen molar-refractivity contribution in [3.8, 4) is 0 Å². The third kappa shape index (κ3) is 5.02. The van der Waals surface area contributed by atoms with Gasteiger partial charge in [-0.05, 0) is 35.9 Å². The lowest BCUT2D eigenvalue weighted by Gasteiger charge is -2.35. The molecule has 1 amide bonds. The van der Waals surface area contributed by atoms with E-state index in [-0.39, 0.29) is 29.5 Å². The van der Waals surface area contributed by atoms with Crippen molar-refractivity contribution < 1.29 is 17.6 Å². The van der Waals surface area contributed by atoms with Gasteiger partial charge in [-0.25, -0.2) is 12.8 Å². The average Bonchev–Trinajstić information content (AvgIpc) is 2.80. The molecule has 0 atom stereocenters. The van der Waals surface area contributed by atoms with E-state index < -0.39 is 22.4 Å². The number of rotatable bonds is 7. The Morgan fingerprint density at radius 2 is 1.85 bits per heavy atom. The number of carbonyl (C=O) groups excluding carboxylic acids is 1. The number of nitrogens with two attached hydrogens (primary N) is 2. The third-order valence-electron chi connectivity index (χ3n) is 5.56. The highest BCUT2D eigenvalue weighted by atomic mass is 32.2. The lowest BCUT2D eigenvalue weighted by Crippen LogP contribution is -2.46. The van der Waals surface area contributed by atoms with Crippen LogP contribution in [0.15, 0.2) is 36.4 Å². The van der Waals surface area contributed by atoms with Crippen molar-refractivity contribution in [2.45, 2.75) is 6.54 Å². The summed E-state index contributed by atoms with van der Waals surface area (Å²) in [5, 5.41) is 11.6. The van der Waals surface area contributed by atoms with Crippen LogP contribution in [0.2, 0.25) is 0 Å². The third-order valence-corrected chi connectivity index (χ3v) is 6.19. The van der Waals surface area contributed by atoms with Crippen molar-refractivity contribution in [2.75, 3.05) is 42.3 Å². The number of piperazine rings is 1. The van der Waals surface area contributed by atoms with Crippen LogP contribution < -0.4 is 21.7 Å². The normalized spacial score (nSPS) is 14.7. The summed E-state index contributed by atoms with van der Waals surface area (Å²) in [4.78, 5) is 16.0. The molecule has 1 saturated heterocycles. The molecule has 1 aliphatic heterocycles. The van der Waals surface area contributed by atoms with Gasteiger partial charge in [0.2, 0.25) is 0 Å². The molecule has 0 bridgehead atoms. The summed E-state index contributed by atoms with van der Waals surface area (Å²) in [6, 6.07) is 10.0. The molecule has 2 aromatic carbocycles. The van der Waals surface area contributed by atoms with Gasteiger partial charge in [0, 0.05) is 43.8 Å². The van der Waals surface area contributed by atoms with Gasteiger partial charge in [-0.3, -0.25) is 9.69 Å². The molecular weight excluding hydrogens is 449 g/mol. The number of thiol groups is 1. The molecule has 1 aliphatic rings. The van der Waals surface area contributed by atoms with Crippen molar-refractivity contribution in [3.05, 3.63) is 53.5 Å². The Balaban J connectivity index is 1.65. The quantitative estimate of drug-likeness (QED) is 0.365. The first-order chi connectivity index (χ1) is 15.9. The SMILES string of the molecule is NCc1ccc(Nc2c(C(N)=O)nnc3cc(N4CCN(C[SH](=O)=O)CC4)ccc23)c(F)c1. The smallest absolute Gasteiger partial charge is 0.271 e. The first-order valence-electron chi connectivity index (χ1n) is 10.3. The number of nitrogens with one attached hydrogen (secondary N) is 1. The number of nitrogens with zero attached hydrogens (tertiary/aromatic N) is 4. The maximum atomic E-state index is 14.6. The molecule has 2 heterocycles. The van der Waals surface area contributed by atoms with Crippen molar-refractivity contribution in [1.82, 2.24) is 15.1 Å². The fourth-order valence-electron chi connectivity index (χ4n) is 3.82. The van der Waals surface area contributed by atoms with Gasteiger partial charge in [0.15, 0.2) is 16.4 Å². The summed E-state index contributed by atoms with van der Waals surface area (Å²) in [7, 11) is -2.44. The Bertz CT molecular complexity index is 1270. The van der Waals surface area contributed by atoms with Crippen LogP contribution >= 0.6 is 0 Å². The van der Waals surface area contributed by atoms with Gasteiger partial charge in [0.25, 0.3) is 5.91 Å². The van der Waals surface area contributed by atoms with E-state index in [1.807, 2.05) is 17.0 Å². The number of hydrogen-bond donors (Lipinski definition) is 4. The minimum absolute atomic E-state index is 0.0557. The maximum absolute atomic E-state index is 14.6. The fraction of sp³-hybridized carbons (Fsp3) is 0.286. The molecule has 174 valence electrons. The lowest BCUT2D eigenvalue weighted by atomic mass is 10.1. The number of carbonyl (C=O) groups is 1. The van der Waals surface area contributed by atoms with Crippen LogP contribution in [0.1, 0.15) is 16.1 Å². The second-order valence-corrected chi connectivity index (χ2v) is 8.66. The molecule has 0 radical (unpaired) electrons. The van der Waals surface area contributed by atoms with E-state index in [2.05, 4.69) is 20.4 Å². The number of amides is 1. The molecular formula is C21H24FN7O3S. The Hall–Kier alpha value is -3.35. The summed E-state index contributed by atoms with van der Waals surface area (Å²) >= 11 is 0. The van der Waals surface area contributed by atoms with Gasteiger partial charge in [0.1, 0.15) is 5.82 Å². The molecule has 10 nitrogen and oxygen atoms in total. The minimum Gasteiger partial charge on any atom is -0.369 e. The van der Waals surface area contributed by atoms with Gasteiger partial charge in [-0.2, -0.15) is 0 Å². The first kappa shape index (κ1) is 22.8. The summed E-state index contributed by atoms with van der Waals surface area (Å²) in [5.74, 6) is -1.25. The zero-order valence-corrected chi connectivity index (χ0v) is 18.6. The Labute approximate surface area is 191 Å². The van der Waals surface area contributed by atoms with Gasteiger partial charge in [-0.1, -0.05) is 6.07 Å². The number of primary amides is 1. The molecule has 5 N–H and O–H groups in total. The largest absolute Gasteiger partial charge is 0.369 e. The first-order valence-corrected chi connectivity index (χ1v) is 11.7. The Morgan fingerprint density at radius 3 is 2.48 bits per heavy atom. The van der Waals surface area contributed by atoms with Crippen molar-refractivity contribution in [1.29, 1.82) is 0 Å². The van der Waals surface area contributed by atoms with Crippen molar-refractivity contribution >= 4 is 44.6 Å². The molecule has 1 aromatic heterocycles. The summed E-state index contributed by atoms with van der Waals surface area (Å²) in [6.07, 6.45) is 0. The number of hydrogen-bond acceptors (Lipinski definition) is 9. The van der Waals surface area contributed by atoms with E-state index in [9.17, 15) is 17.6 Å². The molecule has 4 rings (SSSR count). The van der Waals surface area contributed by atoms with Crippen LogP contribution in [0.5, 0.6) is 0 Å². The van der Waals surface area contributed by atoms with E-state index >= 15 is 0 Å². The van der Waals surface area contributed by atoms with Gasteiger partial charge < -0.3 is 21.7 Å². The predicted molar refractivity (Wildman–Crippen MR) is 125 cm³/mol.